The van der Waals surface area contributed by atoms with Crippen LogP contribution in [0.25, 0.3) is 0 Å². The van der Waals surface area contributed by atoms with Gasteiger partial charge in [-0.15, -0.1) is 0 Å². The number of carbonyl (C=O) groups is 1. The highest BCUT2D eigenvalue weighted by atomic mass is 19.4. The normalized spacial score (nSPS) is 33.8. The first-order valence-electron chi connectivity index (χ1n) is 12.8. The molecule has 5 rings (SSSR count). The lowest BCUT2D eigenvalue weighted by Crippen LogP contribution is -2.54. The van der Waals surface area contributed by atoms with Gasteiger partial charge in [-0.2, -0.15) is 26.3 Å². The standard InChI is InChI=1S/C24H31F6N5O3/c1-37-18-12-38-7-4-17(18)32-14-2-5-22(9-14,13-23(25,26)27)21(36)35-11-15-8-16(35)10-34(15)19-3-6-31-20(33-19)24(28,29)30/h3,6,14-18,32H,2,4-5,7-13H2,1H3/t14-,15+,16+,17+,18-,22+/m1/s1. The number of alkyl halides is 6. The van der Waals surface area contributed by atoms with E-state index < -0.39 is 35.9 Å². The van der Waals surface area contributed by atoms with Crippen molar-refractivity contribution in [3.05, 3.63) is 18.1 Å². The maximum atomic E-state index is 13.8. The molecule has 0 radical (unpaired) electrons. The van der Waals surface area contributed by atoms with Crippen LogP contribution >= 0.6 is 0 Å². The molecule has 1 aliphatic carbocycles. The van der Waals surface area contributed by atoms with Crippen molar-refractivity contribution >= 4 is 11.7 Å². The number of ether oxygens (including phenoxy) is 2. The third-order valence-electron chi connectivity index (χ3n) is 8.35. The van der Waals surface area contributed by atoms with E-state index in [9.17, 15) is 31.1 Å². The topological polar surface area (TPSA) is 79.8 Å². The molecular weight excluding hydrogens is 520 g/mol. The van der Waals surface area contributed by atoms with Crippen LogP contribution in [0.5, 0.6) is 0 Å². The second kappa shape index (κ2) is 10.1. The SMILES string of the molecule is CO[C@@H]1COCC[C@@H]1N[C@@H]1CC[C@](CC(F)(F)F)(C(=O)N2C[C@@H]3C[C@H]2CN3c2ccnc(C(F)(F)F)n2)C1. The summed E-state index contributed by atoms with van der Waals surface area (Å²) in [6.07, 6.45) is -7.83. The minimum atomic E-state index is -4.69. The molecule has 1 amide bonds. The molecule has 1 aromatic rings. The molecule has 4 fully saturated rings. The predicted molar refractivity (Wildman–Crippen MR) is 122 cm³/mol. The van der Waals surface area contributed by atoms with Gasteiger partial charge in [-0.3, -0.25) is 4.79 Å². The van der Waals surface area contributed by atoms with Gasteiger partial charge < -0.3 is 24.6 Å². The first-order valence-corrected chi connectivity index (χ1v) is 12.8. The fraction of sp³-hybridized carbons (Fsp3) is 0.792. The van der Waals surface area contributed by atoms with E-state index in [0.29, 0.717) is 32.5 Å². The van der Waals surface area contributed by atoms with Crippen LogP contribution in [-0.4, -0.2) is 90.6 Å². The molecule has 0 spiro atoms. The molecule has 3 aliphatic heterocycles. The molecule has 212 valence electrons. The number of rotatable bonds is 6. The summed E-state index contributed by atoms with van der Waals surface area (Å²) in [7, 11) is 1.57. The van der Waals surface area contributed by atoms with Crippen LogP contribution in [0.15, 0.2) is 12.3 Å². The van der Waals surface area contributed by atoms with Gasteiger partial charge in [0, 0.05) is 45.1 Å². The zero-order valence-electron chi connectivity index (χ0n) is 20.9. The highest BCUT2D eigenvalue weighted by Crippen LogP contribution is 2.49. The van der Waals surface area contributed by atoms with Crippen LogP contribution in [0, 0.1) is 5.41 Å². The summed E-state index contributed by atoms with van der Waals surface area (Å²) in [5, 5.41) is 3.43. The third kappa shape index (κ3) is 5.44. The number of anilines is 1. The van der Waals surface area contributed by atoms with E-state index in [1.165, 1.54) is 11.0 Å². The van der Waals surface area contributed by atoms with Crippen LogP contribution in [0.1, 0.15) is 44.3 Å². The monoisotopic (exact) mass is 551 g/mol. The van der Waals surface area contributed by atoms with Gasteiger partial charge in [0.1, 0.15) is 5.82 Å². The van der Waals surface area contributed by atoms with E-state index in [0.717, 1.165) is 6.20 Å². The quantitative estimate of drug-likeness (QED) is 0.545. The van der Waals surface area contributed by atoms with E-state index in [2.05, 4.69) is 15.3 Å². The summed E-state index contributed by atoms with van der Waals surface area (Å²) in [5.41, 5.74) is -1.57. The molecule has 1 N–H and O–H groups in total. The zero-order chi connectivity index (χ0) is 27.3. The molecule has 4 aliphatic rings. The van der Waals surface area contributed by atoms with Crippen LogP contribution in [0.2, 0.25) is 0 Å². The molecule has 8 nitrogen and oxygen atoms in total. The van der Waals surface area contributed by atoms with E-state index in [1.807, 2.05) is 0 Å². The summed E-state index contributed by atoms with van der Waals surface area (Å²) in [6, 6.07) is 0.344. The largest absolute Gasteiger partial charge is 0.451 e. The highest BCUT2D eigenvalue weighted by molar-refractivity contribution is 5.84. The Balaban J connectivity index is 1.29. The van der Waals surface area contributed by atoms with Gasteiger partial charge in [0.15, 0.2) is 0 Å². The maximum Gasteiger partial charge on any atom is 0.451 e. The first kappa shape index (κ1) is 27.4. The van der Waals surface area contributed by atoms with Crippen molar-refractivity contribution in [3.8, 4) is 0 Å². The van der Waals surface area contributed by atoms with Crippen molar-refractivity contribution < 1.29 is 40.6 Å². The van der Waals surface area contributed by atoms with Crippen molar-refractivity contribution in [2.75, 3.05) is 38.3 Å². The minimum Gasteiger partial charge on any atom is -0.379 e. The zero-order valence-corrected chi connectivity index (χ0v) is 20.9. The maximum absolute atomic E-state index is 13.8. The van der Waals surface area contributed by atoms with Gasteiger partial charge in [-0.1, -0.05) is 0 Å². The van der Waals surface area contributed by atoms with Crippen molar-refractivity contribution in [3.63, 3.8) is 0 Å². The molecule has 2 bridgehead atoms. The number of amides is 1. The Labute approximate surface area is 216 Å². The average Bonchev–Trinajstić information content (AvgIpc) is 3.58. The second-order valence-corrected chi connectivity index (χ2v) is 10.8. The van der Waals surface area contributed by atoms with Crippen LogP contribution in [0.4, 0.5) is 32.2 Å². The minimum absolute atomic E-state index is 0.0671. The number of nitrogens with one attached hydrogen (secondary N) is 1. The van der Waals surface area contributed by atoms with Gasteiger partial charge in [0.25, 0.3) is 0 Å². The molecule has 1 saturated carbocycles. The number of methoxy groups -OCH3 is 1. The molecule has 0 aromatic carbocycles. The van der Waals surface area contributed by atoms with Crippen molar-refractivity contribution in [2.45, 2.75) is 81.1 Å². The van der Waals surface area contributed by atoms with Gasteiger partial charge in [0.2, 0.25) is 11.7 Å². The number of halogens is 6. The summed E-state index contributed by atoms with van der Waals surface area (Å²) < 4.78 is 91.4. The molecular formula is C24H31F6N5O3. The lowest BCUT2D eigenvalue weighted by molar-refractivity contribution is -0.174. The lowest BCUT2D eigenvalue weighted by atomic mass is 9.80. The van der Waals surface area contributed by atoms with E-state index in [-0.39, 0.29) is 62.0 Å². The van der Waals surface area contributed by atoms with Crippen molar-refractivity contribution in [2.24, 2.45) is 5.41 Å². The number of fused-ring (bicyclic) bond motifs is 2. The van der Waals surface area contributed by atoms with Crippen LogP contribution < -0.4 is 10.2 Å². The number of hydrogen-bond donors (Lipinski definition) is 1. The molecule has 14 heteroatoms. The molecule has 0 unspecified atom stereocenters. The predicted octanol–water partition coefficient (Wildman–Crippen LogP) is 3.17. The first-order chi connectivity index (χ1) is 17.9. The van der Waals surface area contributed by atoms with Crippen molar-refractivity contribution in [1.82, 2.24) is 20.2 Å². The molecule has 6 atom stereocenters. The lowest BCUT2D eigenvalue weighted by Gasteiger charge is -2.40. The molecule has 3 saturated heterocycles. The molecule has 38 heavy (non-hydrogen) atoms. The van der Waals surface area contributed by atoms with Crippen molar-refractivity contribution in [1.29, 1.82) is 0 Å². The Morgan fingerprint density at radius 2 is 2.00 bits per heavy atom. The Morgan fingerprint density at radius 1 is 1.21 bits per heavy atom. The van der Waals surface area contributed by atoms with Gasteiger partial charge in [-0.05, 0) is 38.2 Å². The molecule has 1 aromatic heterocycles. The number of hydrogen-bond acceptors (Lipinski definition) is 7. The average molecular weight is 552 g/mol. The van der Waals surface area contributed by atoms with Gasteiger partial charge >= 0.3 is 12.4 Å². The summed E-state index contributed by atoms with van der Waals surface area (Å²) in [4.78, 5) is 23.9. The summed E-state index contributed by atoms with van der Waals surface area (Å²) in [6.45, 7) is 1.29. The highest BCUT2D eigenvalue weighted by Gasteiger charge is 2.57. The van der Waals surface area contributed by atoms with E-state index in [4.69, 9.17) is 9.47 Å². The number of likely N-dealkylation sites (tertiary alicyclic amines) is 1. The summed E-state index contributed by atoms with van der Waals surface area (Å²) >= 11 is 0. The van der Waals surface area contributed by atoms with Crippen LogP contribution in [0.3, 0.4) is 0 Å². The Hall–Kier alpha value is -2.19. The number of piperazine rings is 1. The van der Waals surface area contributed by atoms with Crippen LogP contribution in [-0.2, 0) is 20.4 Å². The Bertz CT molecular complexity index is 1030. The van der Waals surface area contributed by atoms with Gasteiger partial charge in [-0.25, -0.2) is 9.97 Å². The number of carbonyl (C=O) groups excluding carboxylic acids is 1. The third-order valence-corrected chi connectivity index (χ3v) is 8.35. The smallest absolute Gasteiger partial charge is 0.379 e. The fourth-order valence-electron chi connectivity index (χ4n) is 6.67. The van der Waals surface area contributed by atoms with Gasteiger partial charge in [0.05, 0.1) is 36.6 Å². The number of aromatic nitrogens is 2. The Kier molecular flexibility index (Phi) is 7.27. The van der Waals surface area contributed by atoms with E-state index in [1.54, 1.807) is 12.0 Å². The Morgan fingerprint density at radius 3 is 2.66 bits per heavy atom. The fourth-order valence-corrected chi connectivity index (χ4v) is 6.67. The van der Waals surface area contributed by atoms with E-state index >= 15 is 0 Å². The molecule has 4 heterocycles. The summed E-state index contributed by atoms with van der Waals surface area (Å²) in [5.74, 6) is -1.66. The number of nitrogens with zero attached hydrogens (tertiary/aromatic N) is 4. The second-order valence-electron chi connectivity index (χ2n) is 10.8.